The largest absolute Gasteiger partial charge is 0.381 e. The first kappa shape index (κ1) is 8.47. The molecule has 3 nitrogen and oxygen atoms in total. The number of aromatic nitrogens is 2. The average molecular weight is 202 g/mol. The van der Waals surface area contributed by atoms with Gasteiger partial charge < -0.3 is 4.74 Å². The van der Waals surface area contributed by atoms with Crippen LogP contribution in [0.1, 0.15) is 12.8 Å². The SMILES string of the molecule is c1nnc(SC2CCOCC2)s1. The van der Waals surface area contributed by atoms with Crippen LogP contribution in [-0.4, -0.2) is 28.7 Å². The zero-order valence-corrected chi connectivity index (χ0v) is 8.24. The fraction of sp³-hybridized carbons (Fsp3) is 0.714. The highest BCUT2D eigenvalue weighted by Crippen LogP contribution is 2.29. The highest BCUT2D eigenvalue weighted by molar-refractivity contribution is 8.01. The second kappa shape index (κ2) is 4.20. The normalized spacial score (nSPS) is 19.7. The maximum Gasteiger partial charge on any atom is 0.174 e. The van der Waals surface area contributed by atoms with Crippen molar-refractivity contribution in [1.29, 1.82) is 0 Å². The molecule has 0 radical (unpaired) electrons. The number of hydrogen-bond acceptors (Lipinski definition) is 5. The Kier molecular flexibility index (Phi) is 2.97. The van der Waals surface area contributed by atoms with E-state index in [1.807, 2.05) is 11.8 Å². The van der Waals surface area contributed by atoms with Crippen molar-refractivity contribution in [2.45, 2.75) is 22.4 Å². The van der Waals surface area contributed by atoms with Gasteiger partial charge in [-0.2, -0.15) is 0 Å². The van der Waals surface area contributed by atoms with Gasteiger partial charge in [0.1, 0.15) is 5.51 Å². The number of nitrogens with zero attached hydrogens (tertiary/aromatic N) is 2. The van der Waals surface area contributed by atoms with Crippen LogP contribution in [0.3, 0.4) is 0 Å². The van der Waals surface area contributed by atoms with E-state index < -0.39 is 0 Å². The van der Waals surface area contributed by atoms with Crippen molar-refractivity contribution >= 4 is 23.1 Å². The Morgan fingerprint density at radius 2 is 2.33 bits per heavy atom. The van der Waals surface area contributed by atoms with Crippen molar-refractivity contribution in [3.05, 3.63) is 5.51 Å². The summed E-state index contributed by atoms with van der Waals surface area (Å²) in [4.78, 5) is 0. The minimum Gasteiger partial charge on any atom is -0.381 e. The summed E-state index contributed by atoms with van der Waals surface area (Å²) in [6, 6.07) is 0. The lowest BCUT2D eigenvalue weighted by Crippen LogP contribution is -2.17. The molecule has 0 aliphatic carbocycles. The molecular weight excluding hydrogens is 192 g/mol. The minimum absolute atomic E-state index is 0.687. The first-order chi connectivity index (χ1) is 5.95. The highest BCUT2D eigenvalue weighted by atomic mass is 32.2. The molecule has 0 bridgehead atoms. The van der Waals surface area contributed by atoms with E-state index in [1.165, 1.54) is 0 Å². The monoisotopic (exact) mass is 202 g/mol. The number of thioether (sulfide) groups is 1. The van der Waals surface area contributed by atoms with E-state index in [-0.39, 0.29) is 0 Å². The molecule has 0 N–H and O–H groups in total. The standard InChI is InChI=1S/C7H10N2OS2/c1-3-10-4-2-6(1)12-7-9-8-5-11-7/h5-6H,1-4H2. The van der Waals surface area contributed by atoms with E-state index in [9.17, 15) is 0 Å². The molecule has 0 unspecified atom stereocenters. The van der Waals surface area contributed by atoms with E-state index in [2.05, 4.69) is 10.2 Å². The molecule has 1 fully saturated rings. The van der Waals surface area contributed by atoms with Crippen LogP contribution < -0.4 is 0 Å². The summed E-state index contributed by atoms with van der Waals surface area (Å²) in [5, 5.41) is 8.49. The third kappa shape index (κ3) is 2.18. The Labute approximate surface area is 79.5 Å². The third-order valence-corrected chi connectivity index (χ3v) is 3.92. The molecule has 0 saturated carbocycles. The molecule has 0 spiro atoms. The maximum absolute atomic E-state index is 5.27. The van der Waals surface area contributed by atoms with Crippen molar-refractivity contribution < 1.29 is 4.74 Å². The Bertz CT molecular complexity index is 221. The van der Waals surface area contributed by atoms with Crippen LogP contribution in [0.25, 0.3) is 0 Å². The van der Waals surface area contributed by atoms with Crippen molar-refractivity contribution in [2.75, 3.05) is 13.2 Å². The minimum atomic E-state index is 0.687. The third-order valence-electron chi connectivity index (χ3n) is 1.78. The smallest absolute Gasteiger partial charge is 0.174 e. The highest BCUT2D eigenvalue weighted by Gasteiger charge is 2.15. The molecule has 1 aliphatic rings. The number of hydrogen-bond donors (Lipinski definition) is 0. The van der Waals surface area contributed by atoms with E-state index >= 15 is 0 Å². The molecule has 1 aromatic rings. The molecule has 12 heavy (non-hydrogen) atoms. The first-order valence-corrected chi connectivity index (χ1v) is 5.71. The van der Waals surface area contributed by atoms with Gasteiger partial charge in [-0.1, -0.05) is 23.1 Å². The summed E-state index contributed by atoms with van der Waals surface area (Å²) in [6.45, 7) is 1.80. The molecule has 2 rings (SSSR count). The molecule has 66 valence electrons. The van der Waals surface area contributed by atoms with E-state index in [4.69, 9.17) is 4.74 Å². The Morgan fingerprint density at radius 1 is 1.50 bits per heavy atom. The molecule has 1 aliphatic heterocycles. The second-order valence-corrected chi connectivity index (χ2v) is 5.01. The van der Waals surface area contributed by atoms with Crippen LogP contribution in [0.5, 0.6) is 0 Å². The van der Waals surface area contributed by atoms with Crippen LogP contribution in [-0.2, 0) is 4.74 Å². The van der Waals surface area contributed by atoms with Gasteiger partial charge in [-0.15, -0.1) is 10.2 Å². The fourth-order valence-electron chi connectivity index (χ4n) is 1.15. The van der Waals surface area contributed by atoms with E-state index in [0.29, 0.717) is 5.25 Å². The van der Waals surface area contributed by atoms with Gasteiger partial charge in [-0.05, 0) is 12.8 Å². The zero-order chi connectivity index (χ0) is 8.23. The van der Waals surface area contributed by atoms with Crippen molar-refractivity contribution in [3.8, 4) is 0 Å². The average Bonchev–Trinajstić information content (AvgIpc) is 2.59. The first-order valence-electron chi connectivity index (χ1n) is 3.96. The Hall–Kier alpha value is -0.130. The molecule has 0 atom stereocenters. The molecule has 1 aromatic heterocycles. The predicted molar refractivity (Wildman–Crippen MR) is 49.6 cm³/mol. The van der Waals surface area contributed by atoms with Crippen LogP contribution >= 0.6 is 23.1 Å². The van der Waals surface area contributed by atoms with Gasteiger partial charge in [0.15, 0.2) is 4.34 Å². The maximum atomic E-state index is 5.27. The summed E-state index contributed by atoms with van der Waals surface area (Å²) in [6.07, 6.45) is 2.29. The quantitative estimate of drug-likeness (QED) is 0.732. The fourth-order valence-corrected chi connectivity index (χ4v) is 3.00. The van der Waals surface area contributed by atoms with E-state index in [1.54, 1.807) is 16.8 Å². The number of ether oxygens (including phenoxy) is 1. The summed E-state index contributed by atoms with van der Waals surface area (Å²) >= 11 is 3.45. The van der Waals surface area contributed by atoms with Gasteiger partial charge in [-0.3, -0.25) is 0 Å². The van der Waals surface area contributed by atoms with Gasteiger partial charge in [0.25, 0.3) is 0 Å². The lowest BCUT2D eigenvalue weighted by atomic mass is 10.2. The zero-order valence-electron chi connectivity index (χ0n) is 6.60. The lowest BCUT2D eigenvalue weighted by Gasteiger charge is -2.19. The van der Waals surface area contributed by atoms with Gasteiger partial charge in [-0.25, -0.2) is 0 Å². The van der Waals surface area contributed by atoms with Gasteiger partial charge in [0.05, 0.1) is 0 Å². The summed E-state index contributed by atoms with van der Waals surface area (Å²) < 4.78 is 6.36. The molecule has 0 amide bonds. The molecule has 5 heteroatoms. The summed E-state index contributed by atoms with van der Waals surface area (Å²) in [5.74, 6) is 0. The van der Waals surface area contributed by atoms with Crippen molar-refractivity contribution in [2.24, 2.45) is 0 Å². The van der Waals surface area contributed by atoms with Gasteiger partial charge in [0, 0.05) is 18.5 Å². The van der Waals surface area contributed by atoms with Crippen molar-refractivity contribution in [3.63, 3.8) is 0 Å². The summed E-state index contributed by atoms with van der Waals surface area (Å²) in [7, 11) is 0. The second-order valence-electron chi connectivity index (χ2n) is 2.63. The van der Waals surface area contributed by atoms with Crippen LogP contribution in [0, 0.1) is 0 Å². The summed E-state index contributed by atoms with van der Waals surface area (Å²) in [5.41, 5.74) is 1.78. The van der Waals surface area contributed by atoms with Crippen LogP contribution in [0.2, 0.25) is 0 Å². The van der Waals surface area contributed by atoms with E-state index in [0.717, 1.165) is 30.4 Å². The molecule has 0 aromatic carbocycles. The Balaban J connectivity index is 1.86. The topological polar surface area (TPSA) is 35.0 Å². The van der Waals surface area contributed by atoms with Gasteiger partial charge >= 0.3 is 0 Å². The van der Waals surface area contributed by atoms with Crippen LogP contribution in [0.15, 0.2) is 9.85 Å². The van der Waals surface area contributed by atoms with Crippen LogP contribution in [0.4, 0.5) is 0 Å². The molecule has 2 heterocycles. The van der Waals surface area contributed by atoms with Crippen molar-refractivity contribution in [1.82, 2.24) is 10.2 Å². The molecule has 1 saturated heterocycles. The lowest BCUT2D eigenvalue weighted by molar-refractivity contribution is 0.100. The molecular formula is C7H10N2OS2. The Morgan fingerprint density at radius 3 is 3.00 bits per heavy atom. The predicted octanol–water partition coefficient (Wildman–Crippen LogP) is 1.81. The number of rotatable bonds is 2. The van der Waals surface area contributed by atoms with Gasteiger partial charge in [0.2, 0.25) is 0 Å².